The third kappa shape index (κ3) is 2.76. The molecule has 26 heavy (non-hydrogen) atoms. The fraction of sp³-hybridized carbons (Fsp3) is 0.368. The number of aromatic nitrogens is 4. The summed E-state index contributed by atoms with van der Waals surface area (Å²) in [5.41, 5.74) is 3.01. The normalized spacial score (nSPS) is 14.4. The quantitative estimate of drug-likeness (QED) is 0.517. The van der Waals surface area contributed by atoms with Crippen molar-refractivity contribution in [2.75, 3.05) is 13.4 Å². The minimum Gasteiger partial charge on any atom is -0.481 e. The van der Waals surface area contributed by atoms with Crippen LogP contribution in [-0.2, 0) is 0 Å². The van der Waals surface area contributed by atoms with Gasteiger partial charge in [0.15, 0.2) is 5.16 Å². The highest BCUT2D eigenvalue weighted by atomic mass is 32.2. The van der Waals surface area contributed by atoms with E-state index >= 15 is 0 Å². The minimum absolute atomic E-state index is 0.0145. The Morgan fingerprint density at radius 2 is 2.08 bits per heavy atom. The van der Waals surface area contributed by atoms with E-state index in [2.05, 4.69) is 15.0 Å². The molecule has 1 aliphatic carbocycles. The van der Waals surface area contributed by atoms with Crippen molar-refractivity contribution in [3.63, 3.8) is 0 Å². The maximum absolute atomic E-state index is 13.3. The Kier molecular flexibility index (Phi) is 4.40. The van der Waals surface area contributed by atoms with E-state index in [1.54, 1.807) is 19.4 Å². The van der Waals surface area contributed by atoms with Gasteiger partial charge in [-0.25, -0.2) is 15.0 Å². The van der Waals surface area contributed by atoms with Gasteiger partial charge in [0.25, 0.3) is 5.56 Å². The van der Waals surface area contributed by atoms with E-state index in [0.717, 1.165) is 41.6 Å². The molecule has 0 radical (unpaired) electrons. The predicted octanol–water partition coefficient (Wildman–Crippen LogP) is 3.62. The summed E-state index contributed by atoms with van der Waals surface area (Å²) in [6.07, 6.45) is 6.79. The first-order valence-corrected chi connectivity index (χ1v) is 9.83. The average Bonchev–Trinajstić information content (AvgIpc) is 2.62. The first-order chi connectivity index (χ1) is 12.6. The monoisotopic (exact) mass is 368 g/mol. The molecule has 3 heterocycles. The molecule has 3 aromatic rings. The molecule has 0 N–H and O–H groups in total. The summed E-state index contributed by atoms with van der Waals surface area (Å²) < 4.78 is 6.99. The number of ether oxygens (including phenoxy) is 1. The summed E-state index contributed by atoms with van der Waals surface area (Å²) in [5.74, 6) is 0.526. The minimum atomic E-state index is -0.0145. The Labute approximate surface area is 155 Å². The Morgan fingerprint density at radius 3 is 2.65 bits per heavy atom. The summed E-state index contributed by atoms with van der Waals surface area (Å²) in [6.45, 7) is 1.97. The predicted molar refractivity (Wildman–Crippen MR) is 103 cm³/mol. The molecule has 0 amide bonds. The van der Waals surface area contributed by atoms with E-state index < -0.39 is 0 Å². The fourth-order valence-corrected chi connectivity index (χ4v) is 3.67. The van der Waals surface area contributed by atoms with Gasteiger partial charge in [-0.2, -0.15) is 0 Å². The van der Waals surface area contributed by atoms with Crippen LogP contribution >= 0.6 is 11.8 Å². The molecule has 4 rings (SSSR count). The Bertz CT molecular complexity index is 1030. The van der Waals surface area contributed by atoms with Crippen LogP contribution in [0.2, 0.25) is 0 Å². The van der Waals surface area contributed by atoms with Gasteiger partial charge in [-0.1, -0.05) is 11.8 Å². The van der Waals surface area contributed by atoms with Crippen molar-refractivity contribution in [1.29, 1.82) is 0 Å². The summed E-state index contributed by atoms with van der Waals surface area (Å²) in [4.78, 5) is 26.8. The molecule has 1 fully saturated rings. The van der Waals surface area contributed by atoms with Crippen LogP contribution in [0, 0.1) is 6.92 Å². The van der Waals surface area contributed by atoms with Gasteiger partial charge in [-0.15, -0.1) is 0 Å². The third-order valence-corrected chi connectivity index (χ3v) is 5.49. The second-order valence-electron chi connectivity index (χ2n) is 6.44. The maximum Gasteiger partial charge on any atom is 0.260 e. The molecule has 1 saturated carbocycles. The van der Waals surface area contributed by atoms with E-state index in [0.29, 0.717) is 16.6 Å². The van der Waals surface area contributed by atoms with Crippen molar-refractivity contribution >= 4 is 22.8 Å². The molecule has 0 saturated heterocycles. The van der Waals surface area contributed by atoms with Gasteiger partial charge in [0.05, 0.1) is 12.8 Å². The zero-order valence-electron chi connectivity index (χ0n) is 15.0. The first kappa shape index (κ1) is 17.0. The molecule has 0 unspecified atom stereocenters. The lowest BCUT2D eigenvalue weighted by molar-refractivity contribution is 0.313. The Hall–Kier alpha value is -2.41. The highest BCUT2D eigenvalue weighted by Crippen LogP contribution is 2.34. The van der Waals surface area contributed by atoms with Crippen molar-refractivity contribution in [1.82, 2.24) is 19.5 Å². The van der Waals surface area contributed by atoms with E-state index in [9.17, 15) is 4.79 Å². The third-order valence-electron chi connectivity index (χ3n) is 4.94. The second kappa shape index (κ2) is 6.72. The lowest BCUT2D eigenvalue weighted by Gasteiger charge is -2.29. The van der Waals surface area contributed by atoms with Gasteiger partial charge in [0.1, 0.15) is 5.65 Å². The number of hydrogen-bond donors (Lipinski definition) is 0. The van der Waals surface area contributed by atoms with Crippen LogP contribution in [0.3, 0.4) is 0 Å². The Morgan fingerprint density at radius 1 is 1.27 bits per heavy atom. The summed E-state index contributed by atoms with van der Waals surface area (Å²) in [6, 6.07) is 5.74. The second-order valence-corrected chi connectivity index (χ2v) is 7.21. The number of methoxy groups -OCH3 is 1. The maximum atomic E-state index is 13.3. The van der Waals surface area contributed by atoms with E-state index in [1.165, 1.54) is 11.8 Å². The van der Waals surface area contributed by atoms with Crippen molar-refractivity contribution in [3.05, 3.63) is 40.4 Å². The molecule has 6 nitrogen and oxygen atoms in total. The van der Waals surface area contributed by atoms with Crippen LogP contribution < -0.4 is 10.3 Å². The standard InChI is InChI=1S/C19H20N4O2S/c1-11-14-9-15(12-7-8-16(25-2)20-10-12)18(24)23(13-5-4-6-13)17(14)22-19(21-11)26-3/h7-10,13H,4-6H2,1-3H3. The summed E-state index contributed by atoms with van der Waals surface area (Å²) >= 11 is 1.49. The number of hydrogen-bond acceptors (Lipinski definition) is 6. The SMILES string of the molecule is COc1ccc(-c2cc3c(C)nc(SC)nc3n(C3CCC3)c2=O)cn1. The van der Waals surface area contributed by atoms with Crippen molar-refractivity contribution in [2.45, 2.75) is 37.4 Å². The zero-order chi connectivity index (χ0) is 18.3. The van der Waals surface area contributed by atoms with Gasteiger partial charge in [0.2, 0.25) is 5.88 Å². The van der Waals surface area contributed by atoms with Crippen LogP contribution in [-0.4, -0.2) is 32.9 Å². The van der Waals surface area contributed by atoms with E-state index in [4.69, 9.17) is 4.74 Å². The van der Waals surface area contributed by atoms with Gasteiger partial charge in [-0.3, -0.25) is 9.36 Å². The number of pyridine rings is 2. The molecular weight excluding hydrogens is 348 g/mol. The lowest BCUT2D eigenvalue weighted by Crippen LogP contribution is -2.31. The summed E-state index contributed by atoms with van der Waals surface area (Å²) in [7, 11) is 1.58. The van der Waals surface area contributed by atoms with Crippen LogP contribution in [0.5, 0.6) is 5.88 Å². The lowest BCUT2D eigenvalue weighted by atomic mass is 9.92. The van der Waals surface area contributed by atoms with Gasteiger partial charge in [-0.05, 0) is 44.6 Å². The smallest absolute Gasteiger partial charge is 0.260 e. The van der Waals surface area contributed by atoms with Gasteiger partial charge < -0.3 is 4.74 Å². The van der Waals surface area contributed by atoms with Crippen molar-refractivity contribution < 1.29 is 4.74 Å². The average molecular weight is 368 g/mol. The topological polar surface area (TPSA) is 69.9 Å². The molecular formula is C19H20N4O2S. The highest BCUT2D eigenvalue weighted by molar-refractivity contribution is 7.98. The zero-order valence-corrected chi connectivity index (χ0v) is 15.8. The van der Waals surface area contributed by atoms with Crippen molar-refractivity contribution in [2.24, 2.45) is 0 Å². The highest BCUT2D eigenvalue weighted by Gasteiger charge is 2.25. The van der Waals surface area contributed by atoms with E-state index in [-0.39, 0.29) is 11.6 Å². The number of thioether (sulfide) groups is 1. The number of nitrogens with zero attached hydrogens (tertiary/aromatic N) is 4. The van der Waals surface area contributed by atoms with Crippen LogP contribution in [0.4, 0.5) is 0 Å². The molecule has 0 aromatic carbocycles. The van der Waals surface area contributed by atoms with Gasteiger partial charge >= 0.3 is 0 Å². The fourth-order valence-electron chi connectivity index (χ4n) is 3.27. The molecule has 134 valence electrons. The van der Waals surface area contributed by atoms with Crippen LogP contribution in [0.15, 0.2) is 34.3 Å². The van der Waals surface area contributed by atoms with Crippen LogP contribution in [0.25, 0.3) is 22.2 Å². The molecule has 3 aromatic heterocycles. The number of aryl methyl sites for hydroxylation is 1. The van der Waals surface area contributed by atoms with E-state index in [1.807, 2.05) is 29.9 Å². The molecule has 7 heteroatoms. The van der Waals surface area contributed by atoms with Crippen molar-refractivity contribution in [3.8, 4) is 17.0 Å². The molecule has 1 aliphatic rings. The number of rotatable bonds is 4. The Balaban J connectivity index is 2.00. The van der Waals surface area contributed by atoms with Crippen LogP contribution in [0.1, 0.15) is 31.0 Å². The molecule has 0 aliphatic heterocycles. The van der Waals surface area contributed by atoms with Gasteiger partial charge in [0, 0.05) is 34.8 Å². The summed E-state index contributed by atoms with van der Waals surface area (Å²) in [5, 5.41) is 1.61. The first-order valence-electron chi connectivity index (χ1n) is 8.60. The molecule has 0 bridgehead atoms. The molecule has 0 atom stereocenters. The largest absolute Gasteiger partial charge is 0.481 e. The number of fused-ring (bicyclic) bond motifs is 1. The molecule has 0 spiro atoms.